The summed E-state index contributed by atoms with van der Waals surface area (Å²) in [5, 5.41) is 30.4. The average Bonchev–Trinajstić information content (AvgIpc) is 1.58. The van der Waals surface area contributed by atoms with Crippen molar-refractivity contribution in [2.75, 3.05) is 23.9 Å². The molecular formula is C88H76Br2N6O4+2. The number of nitro groups is 2. The first kappa shape index (κ1) is 65.5. The zero-order chi connectivity index (χ0) is 69.2. The quantitative estimate of drug-likeness (QED) is 0.0482. The average molecular weight is 1440 g/mol. The molecule has 4 aliphatic heterocycles. The summed E-state index contributed by atoms with van der Waals surface area (Å²) < 4.78 is 5.90. The van der Waals surface area contributed by atoms with Crippen LogP contribution in [0.25, 0.3) is 21.5 Å². The molecule has 10 nitrogen and oxygen atoms in total. The molecule has 0 fully saturated rings. The number of halogens is 2. The van der Waals surface area contributed by atoms with E-state index < -0.39 is 21.7 Å². The van der Waals surface area contributed by atoms with E-state index in [1.54, 1.807) is 12.1 Å². The predicted molar refractivity (Wildman–Crippen MR) is 414 cm³/mol. The van der Waals surface area contributed by atoms with Crippen molar-refractivity contribution in [2.45, 2.75) is 88.1 Å². The molecule has 0 bridgehead atoms. The lowest BCUT2D eigenvalue weighted by Crippen LogP contribution is -2.34. The van der Waals surface area contributed by atoms with Crippen LogP contribution in [0.15, 0.2) is 299 Å². The minimum Gasteiger partial charge on any atom is -0.347 e. The van der Waals surface area contributed by atoms with Crippen LogP contribution in [0.5, 0.6) is 0 Å². The molecule has 100 heavy (non-hydrogen) atoms. The van der Waals surface area contributed by atoms with Gasteiger partial charge in [-0.3, -0.25) is 20.2 Å². The third-order valence-electron chi connectivity index (χ3n) is 21.6. The zero-order valence-electron chi connectivity index (χ0n) is 56.9. The summed E-state index contributed by atoms with van der Waals surface area (Å²) in [6.07, 6.45) is 16.1. The Morgan fingerprint density at radius 1 is 0.410 bits per heavy atom. The van der Waals surface area contributed by atoms with Gasteiger partial charge in [-0.05, 0) is 177 Å². The van der Waals surface area contributed by atoms with Crippen LogP contribution in [0.1, 0.15) is 83.3 Å². The highest BCUT2D eigenvalue weighted by molar-refractivity contribution is 9.11. The van der Waals surface area contributed by atoms with Gasteiger partial charge in [0, 0.05) is 106 Å². The van der Waals surface area contributed by atoms with Gasteiger partial charge < -0.3 is 9.80 Å². The number of rotatable bonds is 18. The van der Waals surface area contributed by atoms with E-state index in [0.29, 0.717) is 47.7 Å². The minimum atomic E-state index is -0.670. The SMILES string of the molecule is CN1C(=CC=CC2=[N+](Cc3ccc(C[N+]4=C(C=CC=C5N(C)c6cc(Br)c([N+](=O)[O-])cc6C5(Cc5ccccc5)Cc5ccccc5)C(C)(C)c5c4ccc4ccccc54)cc3)c3ccc4ccccc4c3C2(C)C)C(Cc2ccccc2)(Cc2ccccc2)c2cc([N+](=O)[O-])c(Br)cc21. The molecule has 0 saturated heterocycles. The maximum absolute atomic E-state index is 12.8. The van der Waals surface area contributed by atoms with E-state index in [4.69, 9.17) is 0 Å². The Kier molecular flexibility index (Phi) is 17.1. The lowest BCUT2D eigenvalue weighted by molar-refractivity contribution is -0.455. The summed E-state index contributed by atoms with van der Waals surface area (Å²) in [5.41, 5.74) is 17.9. The van der Waals surface area contributed by atoms with Crippen LogP contribution in [0.2, 0.25) is 0 Å². The number of hydrogen-bond donors (Lipinski definition) is 0. The largest absolute Gasteiger partial charge is 0.347 e. The number of likely N-dealkylation sites (N-methyl/N-ethyl adjacent to an activating group) is 2. The second-order valence-corrected chi connectivity index (χ2v) is 30.0. The molecule has 4 aliphatic rings. The minimum absolute atomic E-state index is 0.0457. The molecule has 0 saturated carbocycles. The van der Waals surface area contributed by atoms with Gasteiger partial charge in [-0.15, -0.1) is 0 Å². The number of anilines is 2. The van der Waals surface area contributed by atoms with E-state index in [1.807, 2.05) is 36.4 Å². The predicted octanol–water partition coefficient (Wildman–Crippen LogP) is 21.1. The Morgan fingerprint density at radius 3 is 1.06 bits per heavy atom. The standard InChI is InChI=1S/C88H76Br2N6O4/c1-85(2)79(37-23-39-81-87(53-59-25-11-7-12-26-59,54-60-27-13-8-14-28-60)69-49-77(95(97)98)71(89)51-75(69)91(81)5)93(73-47-45-65-33-19-21-35-67(65)83(73)85)57-63-41-43-64(44-42-63)58-94-74-48-46-66-34-20-22-36-68(66)84(74)86(3,4)80(94)38-24-40-82-88(55-61-29-15-9-16-30-61,56-62-31-17-10-18-32-62)70-50-78(96(99)100)72(90)52-76(70)92(82)6/h7-52H,53-58H2,1-6H3/q+2. The van der Waals surface area contributed by atoms with Gasteiger partial charge in [0.15, 0.2) is 24.5 Å². The Hall–Kier alpha value is -10.4. The summed E-state index contributed by atoms with van der Waals surface area (Å²) in [7, 11) is 4.19. The van der Waals surface area contributed by atoms with E-state index in [-0.39, 0.29) is 21.2 Å². The molecule has 12 heteroatoms. The van der Waals surface area contributed by atoms with Gasteiger partial charge in [0.1, 0.15) is 0 Å². The lowest BCUT2D eigenvalue weighted by Gasteiger charge is -2.33. The fraction of sp³-hybridized carbons (Fsp3) is 0.182. The van der Waals surface area contributed by atoms with Gasteiger partial charge in [0.25, 0.3) is 11.4 Å². The van der Waals surface area contributed by atoms with E-state index in [2.05, 4.69) is 323 Å². The zero-order valence-corrected chi connectivity index (χ0v) is 60.0. The van der Waals surface area contributed by atoms with Crippen LogP contribution in [0.4, 0.5) is 34.1 Å². The van der Waals surface area contributed by atoms with Crippen LogP contribution in [0.3, 0.4) is 0 Å². The van der Waals surface area contributed by atoms with Crippen LogP contribution >= 0.6 is 31.9 Å². The summed E-state index contributed by atoms with van der Waals surface area (Å²) >= 11 is 7.20. The molecular weight excluding hydrogens is 1360 g/mol. The molecule has 0 spiro atoms. The van der Waals surface area contributed by atoms with Crippen LogP contribution < -0.4 is 9.80 Å². The highest BCUT2D eigenvalue weighted by atomic mass is 79.9. The third-order valence-corrected chi connectivity index (χ3v) is 22.9. The third kappa shape index (κ3) is 11.4. The number of fused-ring (bicyclic) bond motifs is 8. The Balaban J connectivity index is 0.823. The van der Waals surface area contributed by atoms with Crippen molar-refractivity contribution < 1.29 is 19.0 Å². The molecule has 0 atom stereocenters. The van der Waals surface area contributed by atoms with Crippen LogP contribution in [-0.4, -0.2) is 44.5 Å². The van der Waals surface area contributed by atoms with Crippen LogP contribution in [-0.2, 0) is 60.4 Å². The van der Waals surface area contributed by atoms with Gasteiger partial charge in [0.05, 0.1) is 29.6 Å². The molecule has 0 amide bonds. The first-order valence-electron chi connectivity index (χ1n) is 34.1. The number of nitro benzene ring substituents is 2. The normalized spacial score (nSPS) is 17.0. The van der Waals surface area contributed by atoms with Crippen molar-refractivity contribution in [3.05, 3.63) is 375 Å². The van der Waals surface area contributed by atoms with Crippen molar-refractivity contribution in [2.24, 2.45) is 0 Å². The smallest absolute Gasteiger partial charge is 0.283 e. The van der Waals surface area contributed by atoms with Crippen molar-refractivity contribution in [1.29, 1.82) is 0 Å². The summed E-state index contributed by atoms with van der Waals surface area (Å²) in [4.78, 5) is 29.4. The molecule has 0 N–H and O–H groups in total. The van der Waals surface area contributed by atoms with Gasteiger partial charge in [-0.2, -0.15) is 9.15 Å². The van der Waals surface area contributed by atoms with E-state index in [0.717, 1.165) is 67.6 Å². The Morgan fingerprint density at radius 2 is 0.730 bits per heavy atom. The van der Waals surface area contributed by atoms with Gasteiger partial charge in [-0.1, -0.05) is 206 Å². The van der Waals surface area contributed by atoms with E-state index in [1.165, 1.54) is 55.2 Å². The maximum atomic E-state index is 12.8. The topological polar surface area (TPSA) is 98.8 Å². The second-order valence-electron chi connectivity index (χ2n) is 28.3. The number of allylic oxidation sites excluding steroid dienone is 8. The van der Waals surface area contributed by atoms with Crippen molar-refractivity contribution in [3.8, 4) is 0 Å². The first-order valence-corrected chi connectivity index (χ1v) is 35.7. The Bertz CT molecular complexity index is 4900. The fourth-order valence-electron chi connectivity index (χ4n) is 17.1. The number of nitrogens with zero attached hydrogens (tertiary/aromatic N) is 6. The van der Waals surface area contributed by atoms with Crippen molar-refractivity contribution >= 4 is 99.0 Å². The van der Waals surface area contributed by atoms with Crippen molar-refractivity contribution in [3.63, 3.8) is 0 Å². The van der Waals surface area contributed by atoms with Gasteiger partial charge in [0.2, 0.25) is 11.4 Å². The van der Waals surface area contributed by atoms with E-state index >= 15 is 0 Å². The summed E-state index contributed by atoms with van der Waals surface area (Å²) in [6, 6.07) is 85.2. The van der Waals surface area contributed by atoms with Crippen LogP contribution in [0, 0.1) is 20.2 Å². The monoisotopic (exact) mass is 1440 g/mol. The van der Waals surface area contributed by atoms with Gasteiger partial charge >= 0.3 is 0 Å². The van der Waals surface area contributed by atoms with Crippen molar-refractivity contribution in [1.82, 2.24) is 0 Å². The maximum Gasteiger partial charge on any atom is 0.283 e. The molecule has 11 aromatic rings. The van der Waals surface area contributed by atoms with E-state index in [9.17, 15) is 20.2 Å². The number of hydrogen-bond acceptors (Lipinski definition) is 6. The summed E-state index contributed by atoms with van der Waals surface area (Å²) in [6.45, 7) is 10.6. The molecule has 0 radical (unpaired) electrons. The molecule has 4 heterocycles. The summed E-state index contributed by atoms with van der Waals surface area (Å²) in [5.74, 6) is 0. The second kappa shape index (κ2) is 26.0. The molecule has 0 unspecified atom stereocenters. The Labute approximate surface area is 601 Å². The van der Waals surface area contributed by atoms with Gasteiger partial charge in [-0.25, -0.2) is 0 Å². The highest BCUT2D eigenvalue weighted by Crippen LogP contribution is 2.56. The number of benzene rings is 11. The molecule has 0 aromatic heterocycles. The molecule has 11 aromatic carbocycles. The first-order chi connectivity index (χ1) is 48.3. The lowest BCUT2D eigenvalue weighted by atomic mass is 9.70. The molecule has 494 valence electrons. The molecule has 15 rings (SSSR count). The molecule has 0 aliphatic carbocycles. The fourth-order valence-corrected chi connectivity index (χ4v) is 18.0. The highest BCUT2D eigenvalue weighted by Gasteiger charge is 2.51.